The van der Waals surface area contributed by atoms with Gasteiger partial charge in [0, 0.05) is 60.3 Å². The molecule has 5 rings (SSSR count). The Kier molecular flexibility index (Phi) is 6.82. The summed E-state index contributed by atoms with van der Waals surface area (Å²) in [5, 5.41) is 5.74. The molecule has 2 aromatic heterocycles. The molecule has 1 aromatic carbocycles. The maximum absolute atomic E-state index is 14.6. The lowest BCUT2D eigenvalue weighted by Crippen LogP contribution is -2.60. The average Bonchev–Trinajstić information content (AvgIpc) is 2.83. The monoisotopic (exact) mass is 546 g/mol. The van der Waals surface area contributed by atoms with Gasteiger partial charge in [-0.2, -0.15) is 4.31 Å². The molecule has 1 saturated heterocycles. The molecule has 13 heteroatoms. The van der Waals surface area contributed by atoms with Gasteiger partial charge in [0.2, 0.25) is 16.0 Å². The predicted molar refractivity (Wildman–Crippen MR) is 134 cm³/mol. The third-order valence-corrected chi connectivity index (χ3v) is 8.15. The fourth-order valence-corrected chi connectivity index (χ4v) is 5.65. The van der Waals surface area contributed by atoms with Gasteiger partial charge in [-0.05, 0) is 43.2 Å². The summed E-state index contributed by atoms with van der Waals surface area (Å²) in [6, 6.07) is 6.31. The zero-order valence-electron chi connectivity index (χ0n) is 20.4. The summed E-state index contributed by atoms with van der Waals surface area (Å²) in [5.74, 6) is -1.34. The number of sulfonamides is 1. The Morgan fingerprint density at radius 1 is 1.11 bits per heavy atom. The van der Waals surface area contributed by atoms with Crippen molar-refractivity contribution in [3.63, 3.8) is 0 Å². The lowest BCUT2D eigenvalue weighted by Gasteiger charge is -2.43. The molecule has 1 saturated carbocycles. The molecule has 38 heavy (non-hydrogen) atoms. The van der Waals surface area contributed by atoms with E-state index in [1.165, 1.54) is 47.2 Å². The van der Waals surface area contributed by atoms with Crippen LogP contribution < -0.4 is 10.6 Å². The maximum atomic E-state index is 14.6. The number of nitrogens with one attached hydrogen (secondary N) is 2. The van der Waals surface area contributed by atoms with E-state index in [1.807, 2.05) is 0 Å². The number of hydrogen-bond acceptors (Lipinski definition) is 7. The zero-order valence-corrected chi connectivity index (χ0v) is 21.2. The highest BCUT2D eigenvalue weighted by molar-refractivity contribution is 7.88. The highest BCUT2D eigenvalue weighted by Crippen LogP contribution is 2.45. The molecule has 2 aliphatic rings. The third kappa shape index (κ3) is 5.20. The van der Waals surface area contributed by atoms with E-state index in [0.29, 0.717) is 5.56 Å². The van der Waals surface area contributed by atoms with Crippen LogP contribution in [0.5, 0.6) is 0 Å². The van der Waals surface area contributed by atoms with Crippen LogP contribution in [0.2, 0.25) is 0 Å². The van der Waals surface area contributed by atoms with Crippen LogP contribution >= 0.6 is 0 Å². The number of hydrogen-bond donors (Lipinski definition) is 2. The van der Waals surface area contributed by atoms with Crippen LogP contribution in [-0.4, -0.2) is 71.7 Å². The number of amides is 1. The Hall–Kier alpha value is -3.58. The Bertz CT molecular complexity index is 1460. The minimum Gasteiger partial charge on any atom is -0.353 e. The number of aromatic nitrogens is 3. The van der Waals surface area contributed by atoms with Gasteiger partial charge in [-0.25, -0.2) is 31.6 Å². The second-order valence-electron chi connectivity index (χ2n) is 9.71. The molecule has 200 valence electrons. The number of pyridine rings is 1. The molecule has 0 unspecified atom stereocenters. The smallest absolute Gasteiger partial charge is 0.251 e. The van der Waals surface area contributed by atoms with Gasteiger partial charge in [-0.3, -0.25) is 9.78 Å². The molecule has 2 N–H and O–H groups in total. The second kappa shape index (κ2) is 9.95. The lowest BCUT2D eigenvalue weighted by atomic mass is 9.65. The molecule has 1 aliphatic heterocycles. The molecule has 9 nitrogen and oxygen atoms in total. The first-order valence-corrected chi connectivity index (χ1v) is 13.8. The number of rotatable bonds is 8. The Balaban J connectivity index is 1.25. The van der Waals surface area contributed by atoms with Crippen molar-refractivity contribution in [1.29, 1.82) is 0 Å². The van der Waals surface area contributed by atoms with Crippen LogP contribution in [0.15, 0.2) is 48.9 Å². The van der Waals surface area contributed by atoms with Crippen LogP contribution in [0, 0.1) is 11.6 Å². The van der Waals surface area contributed by atoms with Crippen molar-refractivity contribution in [3.8, 4) is 11.1 Å². The zero-order chi connectivity index (χ0) is 27.1. The molecule has 0 radical (unpaired) electrons. The summed E-state index contributed by atoms with van der Waals surface area (Å²) in [4.78, 5) is 25.2. The summed E-state index contributed by atoms with van der Waals surface area (Å²) in [5.41, 5.74) is 0.0151. The predicted octanol–water partition coefficient (Wildman–Crippen LogP) is 2.67. The summed E-state index contributed by atoms with van der Waals surface area (Å²) in [7, 11) is -3.30. The minimum atomic E-state index is -3.30. The molecule has 0 bridgehead atoms. The van der Waals surface area contributed by atoms with Gasteiger partial charge in [-0.15, -0.1) is 0 Å². The van der Waals surface area contributed by atoms with Crippen molar-refractivity contribution < 1.29 is 26.4 Å². The first-order chi connectivity index (χ1) is 18.0. The third-order valence-electron chi connectivity index (χ3n) is 6.91. The van der Waals surface area contributed by atoms with E-state index < -0.39 is 39.2 Å². The van der Waals surface area contributed by atoms with Crippen molar-refractivity contribution in [3.05, 3.63) is 71.8 Å². The van der Waals surface area contributed by atoms with Gasteiger partial charge < -0.3 is 10.6 Å². The van der Waals surface area contributed by atoms with Crippen LogP contribution in [0.4, 0.5) is 19.1 Å². The molecule has 0 atom stereocenters. The largest absolute Gasteiger partial charge is 0.353 e. The van der Waals surface area contributed by atoms with Gasteiger partial charge in [0.05, 0.1) is 18.0 Å². The van der Waals surface area contributed by atoms with Crippen LogP contribution in [0.1, 0.15) is 28.9 Å². The fraction of sp³-hybridized carbons (Fsp3) is 0.360. The molecule has 3 aromatic rings. The first-order valence-electron chi connectivity index (χ1n) is 11.9. The van der Waals surface area contributed by atoms with Crippen LogP contribution in [0.3, 0.4) is 0 Å². The van der Waals surface area contributed by atoms with Crippen LogP contribution in [-0.2, 0) is 15.4 Å². The van der Waals surface area contributed by atoms with Gasteiger partial charge >= 0.3 is 0 Å². The SMILES string of the molecule is CS(=O)(=O)N1CC(NC(=O)c2ccc(F)c(-c3cnc(NCC4(c5ncccc5F)CC(F)C4)nc3)c2)C1. The number of benzene rings is 1. The number of nitrogens with zero attached hydrogens (tertiary/aromatic N) is 4. The number of carbonyl (C=O) groups excluding carboxylic acids is 1. The molecule has 0 spiro atoms. The maximum Gasteiger partial charge on any atom is 0.251 e. The Labute approximate surface area is 217 Å². The summed E-state index contributed by atoms with van der Waals surface area (Å²) < 4.78 is 67.0. The Morgan fingerprint density at radius 2 is 1.82 bits per heavy atom. The Morgan fingerprint density at radius 3 is 2.45 bits per heavy atom. The van der Waals surface area contributed by atoms with E-state index >= 15 is 0 Å². The molecule has 1 aliphatic carbocycles. The lowest BCUT2D eigenvalue weighted by molar-refractivity contribution is 0.0895. The average molecular weight is 547 g/mol. The molecule has 2 fully saturated rings. The van der Waals surface area contributed by atoms with Crippen molar-refractivity contribution in [2.24, 2.45) is 0 Å². The quantitative estimate of drug-likeness (QED) is 0.446. The van der Waals surface area contributed by atoms with Crippen LogP contribution in [0.25, 0.3) is 11.1 Å². The first kappa shape index (κ1) is 26.0. The van der Waals surface area contributed by atoms with Crippen molar-refractivity contribution >= 4 is 21.9 Å². The summed E-state index contributed by atoms with van der Waals surface area (Å²) in [6.07, 6.45) is 4.55. The molecular weight excluding hydrogens is 521 g/mol. The number of anilines is 1. The fourth-order valence-electron chi connectivity index (χ4n) is 4.75. The number of carbonyl (C=O) groups is 1. The minimum absolute atomic E-state index is 0.113. The standard InChI is InChI=1S/C25H25F3N6O3S/c1-38(36,37)34-12-18(13-34)33-23(35)15-4-5-20(27)19(7-15)16-10-30-24(31-11-16)32-14-25(8-17(26)9-25)22-21(28)3-2-6-29-22/h2-7,10-11,17-18H,8-9,12-14H2,1H3,(H,33,35)(H,30,31,32). The number of halogens is 3. The van der Waals surface area contributed by atoms with Crippen molar-refractivity contribution in [1.82, 2.24) is 24.6 Å². The van der Waals surface area contributed by atoms with Crippen molar-refractivity contribution in [2.45, 2.75) is 30.5 Å². The van der Waals surface area contributed by atoms with E-state index in [2.05, 4.69) is 25.6 Å². The summed E-state index contributed by atoms with van der Waals surface area (Å²) >= 11 is 0. The normalized spacial score (nSPS) is 21.8. The summed E-state index contributed by atoms with van der Waals surface area (Å²) in [6.45, 7) is 0.533. The number of alkyl halides is 1. The van der Waals surface area contributed by atoms with E-state index in [4.69, 9.17) is 0 Å². The van der Waals surface area contributed by atoms with E-state index in [-0.39, 0.29) is 61.3 Å². The van der Waals surface area contributed by atoms with Gasteiger partial charge in [0.15, 0.2) is 0 Å². The molecular formula is C25H25F3N6O3S. The molecule has 1 amide bonds. The van der Waals surface area contributed by atoms with Crippen molar-refractivity contribution in [2.75, 3.05) is 31.2 Å². The van der Waals surface area contributed by atoms with E-state index in [0.717, 1.165) is 12.3 Å². The van der Waals surface area contributed by atoms with Gasteiger partial charge in [-0.1, -0.05) is 0 Å². The van der Waals surface area contributed by atoms with Gasteiger partial charge in [0.25, 0.3) is 5.91 Å². The van der Waals surface area contributed by atoms with Gasteiger partial charge in [0.1, 0.15) is 17.8 Å². The highest BCUT2D eigenvalue weighted by Gasteiger charge is 2.48. The second-order valence-corrected chi connectivity index (χ2v) is 11.7. The topological polar surface area (TPSA) is 117 Å². The highest BCUT2D eigenvalue weighted by atomic mass is 32.2. The van der Waals surface area contributed by atoms with E-state index in [1.54, 1.807) is 0 Å². The van der Waals surface area contributed by atoms with E-state index in [9.17, 15) is 26.4 Å². The molecule has 3 heterocycles.